The maximum Gasteiger partial charge on any atom is 0.328 e. The minimum atomic E-state index is 0.0251. The topological polar surface area (TPSA) is 65.7 Å². The quantitative estimate of drug-likeness (QED) is 0.739. The summed E-state index contributed by atoms with van der Waals surface area (Å²) in [6, 6.07) is 7.09. The molecule has 0 N–H and O–H groups in total. The summed E-state index contributed by atoms with van der Waals surface area (Å²) >= 11 is 11.8. The van der Waals surface area contributed by atoms with E-state index in [2.05, 4.69) is 20.1 Å². The van der Waals surface area contributed by atoms with Crippen LogP contribution in [0.25, 0.3) is 5.95 Å². The predicted molar refractivity (Wildman–Crippen MR) is 78.2 cm³/mol. The second-order valence-electron chi connectivity index (χ2n) is 4.15. The molecular formula is C13H9Cl2N5O. The highest BCUT2D eigenvalue weighted by atomic mass is 35.5. The Balaban J connectivity index is 1.95. The van der Waals surface area contributed by atoms with Crippen LogP contribution in [0, 0.1) is 6.92 Å². The zero-order chi connectivity index (χ0) is 14.8. The van der Waals surface area contributed by atoms with E-state index in [1.165, 1.54) is 4.68 Å². The lowest BCUT2D eigenvalue weighted by Gasteiger charge is -2.08. The van der Waals surface area contributed by atoms with Crippen LogP contribution < -0.4 is 4.74 Å². The van der Waals surface area contributed by atoms with Gasteiger partial charge in [-0.25, -0.2) is 4.68 Å². The van der Waals surface area contributed by atoms with Crippen LogP contribution >= 0.6 is 23.2 Å². The predicted octanol–water partition coefficient (Wildman–Crippen LogP) is 3.46. The van der Waals surface area contributed by atoms with E-state index in [-0.39, 0.29) is 17.2 Å². The summed E-state index contributed by atoms with van der Waals surface area (Å²) in [7, 11) is 0. The van der Waals surface area contributed by atoms with Crippen molar-refractivity contribution in [3.05, 3.63) is 52.5 Å². The Bertz CT molecular complexity index is 776. The van der Waals surface area contributed by atoms with Crippen molar-refractivity contribution in [2.45, 2.75) is 6.92 Å². The Kier molecular flexibility index (Phi) is 3.72. The van der Waals surface area contributed by atoms with Crippen LogP contribution in [0.4, 0.5) is 0 Å². The summed E-state index contributed by atoms with van der Waals surface area (Å²) < 4.78 is 7.10. The number of rotatable bonds is 3. The van der Waals surface area contributed by atoms with E-state index in [0.29, 0.717) is 10.8 Å². The first kappa shape index (κ1) is 13.8. The highest BCUT2D eigenvalue weighted by Crippen LogP contribution is 2.26. The lowest BCUT2D eigenvalue weighted by atomic mass is 10.2. The van der Waals surface area contributed by atoms with Crippen molar-refractivity contribution in [1.29, 1.82) is 0 Å². The van der Waals surface area contributed by atoms with E-state index in [1.807, 2.05) is 6.92 Å². The summed E-state index contributed by atoms with van der Waals surface area (Å²) in [5.74, 6) is 0.870. The smallest absolute Gasteiger partial charge is 0.328 e. The van der Waals surface area contributed by atoms with E-state index < -0.39 is 0 Å². The zero-order valence-electron chi connectivity index (χ0n) is 10.9. The van der Waals surface area contributed by atoms with Crippen LogP contribution in [-0.4, -0.2) is 24.7 Å². The Morgan fingerprint density at radius 1 is 1.14 bits per heavy atom. The molecule has 2 heterocycles. The minimum absolute atomic E-state index is 0.0251. The van der Waals surface area contributed by atoms with Crippen molar-refractivity contribution < 1.29 is 4.74 Å². The van der Waals surface area contributed by atoms with E-state index in [4.69, 9.17) is 27.9 Å². The molecule has 6 nitrogen and oxygen atoms in total. The molecule has 21 heavy (non-hydrogen) atoms. The molecule has 3 aromatic rings. The molecule has 0 amide bonds. The maximum atomic E-state index is 5.91. The number of ether oxygens (including phenoxy) is 1. The van der Waals surface area contributed by atoms with Gasteiger partial charge in [-0.05, 0) is 48.4 Å². The molecule has 0 saturated carbocycles. The van der Waals surface area contributed by atoms with Crippen LogP contribution in [0.5, 0.6) is 11.8 Å². The molecule has 1 aromatic carbocycles. The average Bonchev–Trinajstić information content (AvgIpc) is 2.95. The first-order valence-electron chi connectivity index (χ1n) is 5.97. The number of aromatic nitrogens is 5. The molecule has 0 fully saturated rings. The van der Waals surface area contributed by atoms with E-state index in [1.54, 1.807) is 36.7 Å². The minimum Gasteiger partial charge on any atom is -0.424 e. The molecule has 3 rings (SSSR count). The van der Waals surface area contributed by atoms with Crippen molar-refractivity contribution in [3.8, 4) is 17.7 Å². The van der Waals surface area contributed by atoms with Crippen molar-refractivity contribution in [2.24, 2.45) is 0 Å². The Morgan fingerprint density at radius 2 is 2.00 bits per heavy atom. The monoisotopic (exact) mass is 321 g/mol. The van der Waals surface area contributed by atoms with Gasteiger partial charge in [0.1, 0.15) is 5.75 Å². The standard InChI is InChI=1S/C13H9Cl2N5O/c1-8-7-9(14)3-4-10(8)21-13-18-11(15)17-12(19-13)20-6-2-5-16-20/h2-7H,1H3. The van der Waals surface area contributed by atoms with Gasteiger partial charge < -0.3 is 4.74 Å². The summed E-state index contributed by atoms with van der Waals surface area (Å²) in [5, 5.41) is 4.69. The van der Waals surface area contributed by atoms with Gasteiger partial charge in [-0.2, -0.15) is 20.1 Å². The molecule has 106 valence electrons. The zero-order valence-corrected chi connectivity index (χ0v) is 12.4. The summed E-state index contributed by atoms with van der Waals surface area (Å²) in [4.78, 5) is 12.1. The second kappa shape index (κ2) is 5.67. The summed E-state index contributed by atoms with van der Waals surface area (Å²) in [6.45, 7) is 1.87. The first-order valence-corrected chi connectivity index (χ1v) is 6.73. The molecule has 0 saturated heterocycles. The third-order valence-electron chi connectivity index (χ3n) is 2.62. The maximum absolute atomic E-state index is 5.91. The van der Waals surface area contributed by atoms with E-state index in [0.717, 1.165) is 5.56 Å². The van der Waals surface area contributed by atoms with Gasteiger partial charge in [0, 0.05) is 17.4 Å². The average molecular weight is 322 g/mol. The molecule has 0 radical (unpaired) electrons. The summed E-state index contributed by atoms with van der Waals surface area (Å²) in [6.07, 6.45) is 3.31. The number of halogens is 2. The van der Waals surface area contributed by atoms with Crippen LogP contribution in [0.1, 0.15) is 5.56 Å². The molecular weight excluding hydrogens is 313 g/mol. The number of aryl methyl sites for hydroxylation is 1. The van der Waals surface area contributed by atoms with E-state index in [9.17, 15) is 0 Å². The van der Waals surface area contributed by atoms with Gasteiger partial charge in [0.2, 0.25) is 5.28 Å². The molecule has 0 aliphatic rings. The number of benzene rings is 1. The first-order chi connectivity index (χ1) is 10.1. The molecule has 0 bridgehead atoms. The molecule has 0 aliphatic carbocycles. The number of hydrogen-bond acceptors (Lipinski definition) is 5. The van der Waals surface area contributed by atoms with Gasteiger partial charge in [-0.15, -0.1) is 0 Å². The van der Waals surface area contributed by atoms with Crippen molar-refractivity contribution in [1.82, 2.24) is 24.7 Å². The second-order valence-corrected chi connectivity index (χ2v) is 4.92. The van der Waals surface area contributed by atoms with Crippen molar-refractivity contribution in [2.75, 3.05) is 0 Å². The number of nitrogens with zero attached hydrogens (tertiary/aromatic N) is 5. The van der Waals surface area contributed by atoms with Crippen LogP contribution in [0.2, 0.25) is 10.3 Å². The van der Waals surface area contributed by atoms with Crippen LogP contribution in [0.3, 0.4) is 0 Å². The van der Waals surface area contributed by atoms with Gasteiger partial charge in [0.15, 0.2) is 0 Å². The van der Waals surface area contributed by atoms with Crippen LogP contribution in [0.15, 0.2) is 36.7 Å². The van der Waals surface area contributed by atoms with Crippen LogP contribution in [-0.2, 0) is 0 Å². The highest BCUT2D eigenvalue weighted by molar-refractivity contribution is 6.30. The van der Waals surface area contributed by atoms with Gasteiger partial charge in [0.05, 0.1) is 0 Å². The van der Waals surface area contributed by atoms with Crippen molar-refractivity contribution in [3.63, 3.8) is 0 Å². The Morgan fingerprint density at radius 3 is 2.71 bits per heavy atom. The number of hydrogen-bond donors (Lipinski definition) is 0. The van der Waals surface area contributed by atoms with Gasteiger partial charge >= 0.3 is 6.01 Å². The molecule has 8 heteroatoms. The van der Waals surface area contributed by atoms with Gasteiger partial charge in [-0.3, -0.25) is 0 Å². The fourth-order valence-corrected chi connectivity index (χ4v) is 2.06. The summed E-state index contributed by atoms with van der Waals surface area (Å²) in [5.41, 5.74) is 0.861. The fraction of sp³-hybridized carbons (Fsp3) is 0.0769. The fourth-order valence-electron chi connectivity index (χ4n) is 1.68. The Labute approximate surface area is 130 Å². The molecule has 2 aromatic heterocycles. The molecule has 0 aliphatic heterocycles. The lowest BCUT2D eigenvalue weighted by molar-refractivity contribution is 0.434. The third-order valence-corrected chi connectivity index (χ3v) is 3.03. The lowest BCUT2D eigenvalue weighted by Crippen LogP contribution is -2.05. The molecule has 0 unspecified atom stereocenters. The third kappa shape index (κ3) is 3.12. The largest absolute Gasteiger partial charge is 0.424 e. The van der Waals surface area contributed by atoms with Crippen molar-refractivity contribution >= 4 is 23.2 Å². The van der Waals surface area contributed by atoms with Gasteiger partial charge in [-0.1, -0.05) is 11.6 Å². The van der Waals surface area contributed by atoms with Gasteiger partial charge in [0.25, 0.3) is 5.95 Å². The normalized spacial score (nSPS) is 10.6. The highest BCUT2D eigenvalue weighted by Gasteiger charge is 2.10. The molecule has 0 spiro atoms. The SMILES string of the molecule is Cc1cc(Cl)ccc1Oc1nc(Cl)nc(-n2cccn2)n1. The Hall–Kier alpha value is -2.18. The van der Waals surface area contributed by atoms with E-state index >= 15 is 0 Å². The molecule has 0 atom stereocenters.